The molecule has 0 aromatic heterocycles. The lowest BCUT2D eigenvalue weighted by Crippen LogP contribution is -2.34. The molecule has 1 aromatic rings. The lowest BCUT2D eigenvalue weighted by molar-refractivity contribution is 0.183. The highest BCUT2D eigenvalue weighted by atomic mass is 19.1. The Morgan fingerprint density at radius 3 is 2.59 bits per heavy atom. The number of nitrogens with two attached hydrogens (primary N) is 1. The van der Waals surface area contributed by atoms with Crippen LogP contribution < -0.4 is 10.6 Å². The van der Waals surface area contributed by atoms with Gasteiger partial charge in [-0.3, -0.25) is 0 Å². The third-order valence-electron chi connectivity index (χ3n) is 2.93. The predicted octanol–water partition coefficient (Wildman–Crippen LogP) is 2.32. The first-order valence-electron chi connectivity index (χ1n) is 5.74. The van der Waals surface area contributed by atoms with E-state index in [1.807, 2.05) is 24.9 Å². The minimum Gasteiger partial charge on any atom is -0.383 e. The Morgan fingerprint density at radius 1 is 1.41 bits per heavy atom. The number of likely N-dealkylation sites (N-methyl/N-ethyl adjacent to an activating group) is 1. The summed E-state index contributed by atoms with van der Waals surface area (Å²) in [6, 6.07) is 4.86. The van der Waals surface area contributed by atoms with Crippen LogP contribution in [0, 0.1) is 5.82 Å². The van der Waals surface area contributed by atoms with Gasteiger partial charge < -0.3 is 15.4 Å². The van der Waals surface area contributed by atoms with Gasteiger partial charge in [-0.05, 0) is 26.0 Å². The van der Waals surface area contributed by atoms with Crippen molar-refractivity contribution >= 4 is 5.69 Å². The molecule has 0 saturated carbocycles. The van der Waals surface area contributed by atoms with Crippen LogP contribution in [0.3, 0.4) is 0 Å². The zero-order valence-corrected chi connectivity index (χ0v) is 10.9. The fourth-order valence-corrected chi connectivity index (χ4v) is 1.87. The lowest BCUT2D eigenvalue weighted by Gasteiger charge is -2.29. The van der Waals surface area contributed by atoms with Gasteiger partial charge >= 0.3 is 0 Å². The van der Waals surface area contributed by atoms with Gasteiger partial charge in [-0.15, -0.1) is 0 Å². The summed E-state index contributed by atoms with van der Waals surface area (Å²) in [6.45, 7) is 4.40. The monoisotopic (exact) mass is 240 g/mol. The maximum atomic E-state index is 13.8. The molecule has 2 unspecified atom stereocenters. The molecule has 0 spiro atoms. The van der Waals surface area contributed by atoms with Gasteiger partial charge in [0.05, 0.1) is 6.61 Å². The number of ether oxygens (including phenoxy) is 1. The molecule has 0 radical (unpaired) electrons. The van der Waals surface area contributed by atoms with Crippen molar-refractivity contribution in [1.82, 2.24) is 0 Å². The van der Waals surface area contributed by atoms with E-state index in [2.05, 4.69) is 0 Å². The van der Waals surface area contributed by atoms with Gasteiger partial charge in [0.25, 0.3) is 0 Å². The summed E-state index contributed by atoms with van der Waals surface area (Å²) in [5.41, 5.74) is 7.21. The largest absolute Gasteiger partial charge is 0.383 e. The van der Waals surface area contributed by atoms with Gasteiger partial charge in [0, 0.05) is 37.5 Å². The van der Waals surface area contributed by atoms with Crippen molar-refractivity contribution in [3.63, 3.8) is 0 Å². The quantitative estimate of drug-likeness (QED) is 0.858. The minimum absolute atomic E-state index is 0.166. The molecule has 96 valence electrons. The maximum Gasteiger partial charge on any atom is 0.130 e. The zero-order valence-electron chi connectivity index (χ0n) is 10.9. The van der Waals surface area contributed by atoms with Crippen LogP contribution in [-0.2, 0) is 4.74 Å². The molecule has 17 heavy (non-hydrogen) atoms. The zero-order chi connectivity index (χ0) is 13.0. The van der Waals surface area contributed by atoms with E-state index < -0.39 is 0 Å². The summed E-state index contributed by atoms with van der Waals surface area (Å²) >= 11 is 0. The molecule has 2 N–H and O–H groups in total. The first-order valence-corrected chi connectivity index (χ1v) is 5.74. The number of methoxy groups -OCH3 is 1. The maximum absolute atomic E-state index is 13.8. The van der Waals surface area contributed by atoms with Crippen LogP contribution in [-0.4, -0.2) is 26.8 Å². The highest BCUT2D eigenvalue weighted by Gasteiger charge is 2.18. The summed E-state index contributed by atoms with van der Waals surface area (Å²) in [6.07, 6.45) is 0. The topological polar surface area (TPSA) is 38.5 Å². The van der Waals surface area contributed by atoms with Crippen molar-refractivity contribution in [3.8, 4) is 0 Å². The normalized spacial score (nSPS) is 14.5. The molecule has 0 saturated heterocycles. The van der Waals surface area contributed by atoms with Gasteiger partial charge in [-0.1, -0.05) is 6.07 Å². The van der Waals surface area contributed by atoms with Gasteiger partial charge in [-0.2, -0.15) is 0 Å². The van der Waals surface area contributed by atoms with Crippen LogP contribution >= 0.6 is 0 Å². The van der Waals surface area contributed by atoms with Crippen LogP contribution in [0.5, 0.6) is 0 Å². The number of halogens is 1. The molecule has 0 amide bonds. The molecule has 0 aliphatic heterocycles. The molecule has 4 heteroatoms. The van der Waals surface area contributed by atoms with Gasteiger partial charge in [0.1, 0.15) is 5.82 Å². The molecule has 0 fully saturated rings. The fourth-order valence-electron chi connectivity index (χ4n) is 1.87. The van der Waals surface area contributed by atoms with E-state index >= 15 is 0 Å². The SMILES string of the molecule is COCC(C)N(C)c1cccc(F)c1C(C)N. The number of anilines is 1. The predicted molar refractivity (Wildman–Crippen MR) is 68.7 cm³/mol. The second-order valence-corrected chi connectivity index (χ2v) is 4.38. The Bertz CT molecular complexity index is 368. The Kier molecular flexibility index (Phi) is 4.90. The molecule has 2 atom stereocenters. The molecular weight excluding hydrogens is 219 g/mol. The third kappa shape index (κ3) is 3.17. The van der Waals surface area contributed by atoms with Crippen LogP contribution in [0.2, 0.25) is 0 Å². The summed E-state index contributed by atoms with van der Waals surface area (Å²) in [4.78, 5) is 1.99. The van der Waals surface area contributed by atoms with Crippen LogP contribution in [0.25, 0.3) is 0 Å². The standard InChI is InChI=1S/C13H21FN2O/c1-9(8-17-4)16(3)12-7-5-6-11(14)13(12)10(2)15/h5-7,9-10H,8,15H2,1-4H3. The average molecular weight is 240 g/mol. The first kappa shape index (κ1) is 13.9. The van der Waals surface area contributed by atoms with Crippen LogP contribution in [0.15, 0.2) is 18.2 Å². The molecule has 1 rings (SSSR count). The molecule has 3 nitrogen and oxygen atoms in total. The van der Waals surface area contributed by atoms with Gasteiger partial charge in [0.15, 0.2) is 0 Å². The molecule has 0 bridgehead atoms. The van der Waals surface area contributed by atoms with E-state index in [-0.39, 0.29) is 17.9 Å². The van der Waals surface area contributed by atoms with E-state index in [0.717, 1.165) is 5.69 Å². The summed E-state index contributed by atoms with van der Waals surface area (Å²) < 4.78 is 18.9. The molecule has 0 heterocycles. The number of nitrogens with zero attached hydrogens (tertiary/aromatic N) is 1. The van der Waals surface area contributed by atoms with Gasteiger partial charge in [0.2, 0.25) is 0 Å². The molecule has 1 aromatic carbocycles. The van der Waals surface area contributed by atoms with Crippen molar-refractivity contribution in [2.24, 2.45) is 5.73 Å². The van der Waals surface area contributed by atoms with E-state index in [9.17, 15) is 4.39 Å². The number of hydrogen-bond donors (Lipinski definition) is 1. The van der Waals surface area contributed by atoms with Crippen molar-refractivity contribution in [2.45, 2.75) is 25.9 Å². The molecular formula is C13H21FN2O. The lowest BCUT2D eigenvalue weighted by atomic mass is 10.0. The highest BCUT2D eigenvalue weighted by molar-refractivity contribution is 5.55. The van der Waals surface area contributed by atoms with Crippen LogP contribution in [0.1, 0.15) is 25.5 Å². The van der Waals surface area contributed by atoms with Crippen molar-refractivity contribution < 1.29 is 9.13 Å². The smallest absolute Gasteiger partial charge is 0.130 e. The average Bonchev–Trinajstić information content (AvgIpc) is 2.27. The summed E-state index contributed by atoms with van der Waals surface area (Å²) in [5, 5.41) is 0. The second kappa shape index (κ2) is 5.98. The number of benzene rings is 1. The van der Waals surface area contributed by atoms with E-state index in [1.54, 1.807) is 20.1 Å². The van der Waals surface area contributed by atoms with Crippen LogP contribution in [0.4, 0.5) is 10.1 Å². The molecule has 0 aliphatic carbocycles. The summed E-state index contributed by atoms with van der Waals surface area (Å²) in [7, 11) is 3.58. The number of hydrogen-bond acceptors (Lipinski definition) is 3. The molecule has 0 aliphatic rings. The second-order valence-electron chi connectivity index (χ2n) is 4.38. The Balaban J connectivity index is 3.08. The number of rotatable bonds is 5. The minimum atomic E-state index is -0.330. The van der Waals surface area contributed by atoms with Crippen molar-refractivity contribution in [1.29, 1.82) is 0 Å². The fraction of sp³-hybridized carbons (Fsp3) is 0.538. The third-order valence-corrected chi connectivity index (χ3v) is 2.93. The van der Waals surface area contributed by atoms with Crippen molar-refractivity contribution in [3.05, 3.63) is 29.6 Å². The van der Waals surface area contributed by atoms with E-state index in [0.29, 0.717) is 12.2 Å². The van der Waals surface area contributed by atoms with Crippen molar-refractivity contribution in [2.75, 3.05) is 25.7 Å². The highest BCUT2D eigenvalue weighted by Crippen LogP contribution is 2.28. The van der Waals surface area contributed by atoms with E-state index in [4.69, 9.17) is 10.5 Å². The van der Waals surface area contributed by atoms with E-state index in [1.165, 1.54) is 6.07 Å². The van der Waals surface area contributed by atoms with Gasteiger partial charge in [-0.25, -0.2) is 4.39 Å². The first-order chi connectivity index (χ1) is 7.99. The Morgan fingerprint density at radius 2 is 2.06 bits per heavy atom. The summed E-state index contributed by atoms with van der Waals surface area (Å²) in [5.74, 6) is -0.256. The Labute approximate surface area is 102 Å². The Hall–Kier alpha value is -1.13.